The van der Waals surface area contributed by atoms with Gasteiger partial charge in [-0.1, -0.05) is 43.3 Å². The zero-order valence-electron chi connectivity index (χ0n) is 14.8. The Morgan fingerprint density at radius 1 is 1.08 bits per heavy atom. The summed E-state index contributed by atoms with van der Waals surface area (Å²) in [6.07, 6.45) is 0.989. The highest BCUT2D eigenvalue weighted by Crippen LogP contribution is 2.23. The van der Waals surface area contributed by atoms with Gasteiger partial charge >= 0.3 is 0 Å². The third-order valence-electron chi connectivity index (χ3n) is 3.82. The van der Waals surface area contributed by atoms with Crippen molar-refractivity contribution in [3.05, 3.63) is 59.7 Å². The average Bonchev–Trinajstić information content (AvgIpc) is 2.60. The third-order valence-corrected chi connectivity index (χ3v) is 3.82. The van der Waals surface area contributed by atoms with Crippen LogP contribution in [0.1, 0.15) is 37.9 Å². The van der Waals surface area contributed by atoms with Crippen molar-refractivity contribution in [1.29, 1.82) is 0 Å². The van der Waals surface area contributed by atoms with Gasteiger partial charge in [0.25, 0.3) is 5.91 Å². The summed E-state index contributed by atoms with van der Waals surface area (Å²) in [5.74, 6) is 0.0575. The molecule has 25 heavy (non-hydrogen) atoms. The summed E-state index contributed by atoms with van der Waals surface area (Å²) in [6, 6.07) is 15.1. The lowest BCUT2D eigenvalue weighted by atomic mass is 10.1. The highest BCUT2D eigenvalue weighted by atomic mass is 16.5. The van der Waals surface area contributed by atoms with Crippen LogP contribution in [0.4, 0.5) is 5.69 Å². The lowest BCUT2D eigenvalue weighted by Crippen LogP contribution is -2.31. The van der Waals surface area contributed by atoms with Gasteiger partial charge < -0.3 is 15.4 Å². The molecule has 0 heterocycles. The van der Waals surface area contributed by atoms with E-state index in [0.717, 1.165) is 12.0 Å². The largest absolute Gasteiger partial charge is 0.482 e. The summed E-state index contributed by atoms with van der Waals surface area (Å²) in [6.45, 7) is 5.35. The van der Waals surface area contributed by atoms with Gasteiger partial charge in [-0.05, 0) is 36.6 Å². The van der Waals surface area contributed by atoms with E-state index in [1.54, 1.807) is 24.3 Å². The number of anilines is 1. The van der Waals surface area contributed by atoms with E-state index in [0.29, 0.717) is 11.4 Å². The second-order valence-electron chi connectivity index (χ2n) is 5.85. The second-order valence-corrected chi connectivity index (χ2v) is 5.85. The molecular weight excluding hydrogens is 316 g/mol. The fraction of sp³-hybridized carbons (Fsp3) is 0.300. The number of para-hydroxylation sites is 2. The van der Waals surface area contributed by atoms with Crippen molar-refractivity contribution in [2.75, 3.05) is 11.9 Å². The van der Waals surface area contributed by atoms with Crippen molar-refractivity contribution in [2.45, 2.75) is 33.2 Å². The van der Waals surface area contributed by atoms with Crippen LogP contribution in [0, 0.1) is 0 Å². The molecule has 132 valence electrons. The Kier molecular flexibility index (Phi) is 6.57. The first-order chi connectivity index (χ1) is 12.0. The van der Waals surface area contributed by atoms with Crippen LogP contribution in [-0.2, 0) is 16.0 Å². The number of benzene rings is 2. The topological polar surface area (TPSA) is 67.4 Å². The molecule has 0 fully saturated rings. The van der Waals surface area contributed by atoms with Gasteiger partial charge in [0.15, 0.2) is 6.61 Å². The first kappa shape index (κ1) is 18.5. The Morgan fingerprint density at radius 2 is 1.76 bits per heavy atom. The lowest BCUT2D eigenvalue weighted by Gasteiger charge is -2.16. The number of amides is 2. The van der Waals surface area contributed by atoms with Gasteiger partial charge in [0.2, 0.25) is 5.91 Å². The van der Waals surface area contributed by atoms with E-state index >= 15 is 0 Å². The molecule has 0 saturated heterocycles. The molecule has 2 aromatic carbocycles. The minimum atomic E-state index is -0.218. The summed E-state index contributed by atoms with van der Waals surface area (Å²) >= 11 is 0. The van der Waals surface area contributed by atoms with E-state index in [9.17, 15) is 9.59 Å². The maximum Gasteiger partial charge on any atom is 0.258 e. The Bertz CT molecular complexity index is 726. The fourth-order valence-corrected chi connectivity index (χ4v) is 2.44. The molecule has 0 saturated carbocycles. The average molecular weight is 340 g/mol. The Hall–Kier alpha value is -2.82. The number of hydrogen-bond donors (Lipinski definition) is 2. The highest BCUT2D eigenvalue weighted by Gasteiger charge is 2.11. The zero-order chi connectivity index (χ0) is 18.2. The number of carbonyl (C=O) groups is 2. The SMILES string of the molecule is CCc1ccc(C(C)NC(=O)COc2ccccc2NC(C)=O)cc1. The molecule has 1 atom stereocenters. The summed E-state index contributed by atoms with van der Waals surface area (Å²) < 4.78 is 5.55. The first-order valence-electron chi connectivity index (χ1n) is 8.37. The first-order valence-corrected chi connectivity index (χ1v) is 8.37. The van der Waals surface area contributed by atoms with Crippen molar-refractivity contribution < 1.29 is 14.3 Å². The van der Waals surface area contributed by atoms with Crippen molar-refractivity contribution in [3.8, 4) is 5.75 Å². The molecule has 1 unspecified atom stereocenters. The van der Waals surface area contributed by atoms with E-state index in [-0.39, 0.29) is 24.5 Å². The van der Waals surface area contributed by atoms with Crippen molar-refractivity contribution in [3.63, 3.8) is 0 Å². The smallest absolute Gasteiger partial charge is 0.258 e. The molecule has 0 radical (unpaired) electrons. The van der Waals surface area contributed by atoms with Crippen LogP contribution in [0.2, 0.25) is 0 Å². The molecule has 5 nitrogen and oxygen atoms in total. The second kappa shape index (κ2) is 8.87. The van der Waals surface area contributed by atoms with Crippen molar-refractivity contribution in [2.24, 2.45) is 0 Å². The number of aryl methyl sites for hydroxylation is 1. The Labute approximate surface area is 148 Å². The van der Waals surface area contributed by atoms with Crippen molar-refractivity contribution in [1.82, 2.24) is 5.32 Å². The predicted molar refractivity (Wildman–Crippen MR) is 98.6 cm³/mol. The molecule has 0 aliphatic heterocycles. The highest BCUT2D eigenvalue weighted by molar-refractivity contribution is 5.90. The normalized spacial score (nSPS) is 11.5. The molecule has 0 aliphatic carbocycles. The molecular formula is C20H24N2O3. The Balaban J connectivity index is 1.91. The van der Waals surface area contributed by atoms with Crippen molar-refractivity contribution >= 4 is 17.5 Å². The molecule has 2 N–H and O–H groups in total. The van der Waals surface area contributed by atoms with Crippen LogP contribution in [0.15, 0.2) is 48.5 Å². The minimum absolute atomic E-state index is 0.104. The monoisotopic (exact) mass is 340 g/mol. The van der Waals surface area contributed by atoms with Gasteiger partial charge in [-0.2, -0.15) is 0 Å². The zero-order valence-corrected chi connectivity index (χ0v) is 14.8. The summed E-state index contributed by atoms with van der Waals surface area (Å²) in [4.78, 5) is 23.3. The van der Waals surface area contributed by atoms with Gasteiger partial charge in [0.05, 0.1) is 11.7 Å². The molecule has 2 rings (SSSR count). The van der Waals surface area contributed by atoms with E-state index in [1.165, 1.54) is 12.5 Å². The van der Waals surface area contributed by atoms with Gasteiger partial charge in [0.1, 0.15) is 5.75 Å². The van der Waals surface area contributed by atoms with Crippen LogP contribution in [0.5, 0.6) is 5.75 Å². The lowest BCUT2D eigenvalue weighted by molar-refractivity contribution is -0.123. The van der Waals surface area contributed by atoms with Gasteiger partial charge in [0, 0.05) is 6.92 Å². The van der Waals surface area contributed by atoms with Crippen LogP contribution in [0.25, 0.3) is 0 Å². The predicted octanol–water partition coefficient (Wildman–Crippen LogP) is 3.46. The number of rotatable bonds is 7. The number of nitrogens with one attached hydrogen (secondary N) is 2. The minimum Gasteiger partial charge on any atom is -0.482 e. The van der Waals surface area contributed by atoms with Crippen LogP contribution >= 0.6 is 0 Å². The fourth-order valence-electron chi connectivity index (χ4n) is 2.44. The molecule has 0 aliphatic rings. The molecule has 5 heteroatoms. The summed E-state index contributed by atoms with van der Waals surface area (Å²) in [5, 5.41) is 5.59. The van der Waals surface area contributed by atoms with Gasteiger partial charge in [-0.15, -0.1) is 0 Å². The number of ether oxygens (including phenoxy) is 1. The Morgan fingerprint density at radius 3 is 2.40 bits per heavy atom. The summed E-state index contributed by atoms with van der Waals surface area (Å²) in [5.41, 5.74) is 2.86. The molecule has 0 bridgehead atoms. The molecule has 2 aromatic rings. The number of hydrogen-bond acceptors (Lipinski definition) is 3. The van der Waals surface area contributed by atoms with Gasteiger partial charge in [-0.25, -0.2) is 0 Å². The maximum absolute atomic E-state index is 12.1. The van der Waals surface area contributed by atoms with Gasteiger partial charge in [-0.3, -0.25) is 9.59 Å². The van der Waals surface area contributed by atoms with Crippen LogP contribution < -0.4 is 15.4 Å². The number of carbonyl (C=O) groups excluding carboxylic acids is 2. The molecule has 0 spiro atoms. The molecule has 2 amide bonds. The summed E-state index contributed by atoms with van der Waals surface area (Å²) in [7, 11) is 0. The quantitative estimate of drug-likeness (QED) is 0.811. The van der Waals surface area contributed by atoms with E-state index in [2.05, 4.69) is 29.7 Å². The van der Waals surface area contributed by atoms with E-state index < -0.39 is 0 Å². The van der Waals surface area contributed by atoms with E-state index in [1.807, 2.05) is 19.1 Å². The molecule has 0 aromatic heterocycles. The third kappa shape index (κ3) is 5.64. The van der Waals surface area contributed by atoms with Crippen LogP contribution in [0.3, 0.4) is 0 Å². The van der Waals surface area contributed by atoms with Crippen LogP contribution in [-0.4, -0.2) is 18.4 Å². The maximum atomic E-state index is 12.1. The standard InChI is InChI=1S/C20H24N2O3/c1-4-16-9-11-17(12-10-16)14(2)21-20(24)13-25-19-8-6-5-7-18(19)22-15(3)23/h5-12,14H,4,13H2,1-3H3,(H,21,24)(H,22,23). The van der Waals surface area contributed by atoms with E-state index in [4.69, 9.17) is 4.74 Å².